The summed E-state index contributed by atoms with van der Waals surface area (Å²) in [5.41, 5.74) is 14.7. The summed E-state index contributed by atoms with van der Waals surface area (Å²) < 4.78 is 0. The zero-order valence-corrected chi connectivity index (χ0v) is 40.8. The molecule has 2 aliphatic carbocycles. The molecule has 8 aromatic rings. The van der Waals surface area contributed by atoms with Crippen LogP contribution in [0.25, 0.3) is 98.4 Å². The summed E-state index contributed by atoms with van der Waals surface area (Å²) in [5, 5.41) is 12.6. The summed E-state index contributed by atoms with van der Waals surface area (Å²) in [6, 6.07) is 46.6. The van der Waals surface area contributed by atoms with Crippen LogP contribution in [0.1, 0.15) is 92.9 Å². The topological polar surface area (TPSA) is 17.1 Å². The van der Waals surface area contributed by atoms with E-state index >= 15 is 0 Å². The van der Waals surface area contributed by atoms with Gasteiger partial charge in [-0.2, -0.15) is 0 Å². The second-order valence-corrected chi connectivity index (χ2v) is 22.2. The number of fused-ring (bicyclic) bond motifs is 7. The molecule has 0 atom stereocenters. The fourth-order valence-electron chi connectivity index (χ4n) is 10.9. The second-order valence-electron chi connectivity index (χ2n) is 22.2. The summed E-state index contributed by atoms with van der Waals surface area (Å²) in [4.78, 5) is 14.9. The molecule has 328 valence electrons. The molecule has 0 aromatic heterocycles. The van der Waals surface area contributed by atoms with E-state index in [9.17, 15) is 4.79 Å². The van der Waals surface area contributed by atoms with Gasteiger partial charge in [0.2, 0.25) is 0 Å². The van der Waals surface area contributed by atoms with E-state index in [0.717, 1.165) is 50.6 Å². The van der Waals surface area contributed by atoms with Crippen LogP contribution >= 0.6 is 0 Å². The third kappa shape index (κ3) is 6.85. The van der Waals surface area contributed by atoms with Crippen molar-refractivity contribution in [3.05, 3.63) is 190 Å². The van der Waals surface area contributed by atoms with Gasteiger partial charge in [-0.15, -0.1) is 0 Å². The van der Waals surface area contributed by atoms with E-state index in [4.69, 9.17) is 0 Å². The first-order chi connectivity index (χ1) is 31.4. The summed E-state index contributed by atoms with van der Waals surface area (Å²) in [6.45, 7) is 29.7. The number of allylic oxidation sites excluding steroid dienone is 5. The van der Waals surface area contributed by atoms with Crippen molar-refractivity contribution < 1.29 is 0 Å². The molecule has 1 nitrogen and oxygen atoms in total. The average Bonchev–Trinajstić information content (AvgIpc) is 3.89. The van der Waals surface area contributed by atoms with Crippen molar-refractivity contribution in [2.24, 2.45) is 11.3 Å². The molecule has 2 aliphatic rings. The minimum Gasteiger partial charge on any atom is -0.289 e. The lowest BCUT2D eigenvalue weighted by Gasteiger charge is -2.27. The zero-order chi connectivity index (χ0) is 46.6. The lowest BCUT2D eigenvalue weighted by molar-refractivity contribution is 0.514. The molecule has 0 heterocycles. The fraction of sp³-hybridized carbons (Fsp3) is 0.246. The molecule has 0 saturated heterocycles. The van der Waals surface area contributed by atoms with Crippen LogP contribution in [0.15, 0.2) is 168 Å². The van der Waals surface area contributed by atoms with Gasteiger partial charge in [0.25, 0.3) is 0 Å². The molecule has 8 aromatic carbocycles. The summed E-state index contributed by atoms with van der Waals surface area (Å²) in [6.07, 6.45) is 7.67. The van der Waals surface area contributed by atoms with Crippen LogP contribution < -0.4 is 5.43 Å². The Kier molecular flexibility index (Phi) is 10.2. The summed E-state index contributed by atoms with van der Waals surface area (Å²) >= 11 is 0. The molecule has 0 aliphatic heterocycles. The summed E-state index contributed by atoms with van der Waals surface area (Å²) in [5.74, 6) is 0.370. The van der Waals surface area contributed by atoms with E-state index in [-0.39, 0.29) is 21.7 Å². The maximum atomic E-state index is 14.9. The SMILES string of the molecule is C=C/C(=C\C(=C/Cc1c2ccccc2c(-c2cc(C(C)(C)C)cc(C(C)(C)C)c2)c2c3ccc4c5c(-c6ccccc6)c(=O)c(-c6ccccc6)c-5c5ccc(c12)c3c54)C(C)(C)C)C(C)C. The Balaban J connectivity index is 1.41. The predicted molar refractivity (Wildman–Crippen MR) is 288 cm³/mol. The average molecular weight is 859 g/mol. The van der Waals surface area contributed by atoms with Crippen LogP contribution in [0.5, 0.6) is 0 Å². The number of benzene rings is 7. The monoisotopic (exact) mass is 858 g/mol. The maximum absolute atomic E-state index is 14.9. The van der Waals surface area contributed by atoms with E-state index in [0.29, 0.717) is 5.92 Å². The molecule has 0 spiro atoms. The summed E-state index contributed by atoms with van der Waals surface area (Å²) in [7, 11) is 0. The van der Waals surface area contributed by atoms with Crippen LogP contribution in [0.2, 0.25) is 0 Å². The predicted octanol–water partition coefficient (Wildman–Crippen LogP) is 18.1. The molecule has 0 bridgehead atoms. The van der Waals surface area contributed by atoms with Crippen LogP contribution in [0.4, 0.5) is 0 Å². The molecule has 0 saturated carbocycles. The van der Waals surface area contributed by atoms with E-state index in [1.165, 1.54) is 82.1 Å². The Morgan fingerprint density at radius 1 is 0.500 bits per heavy atom. The van der Waals surface area contributed by atoms with Crippen molar-refractivity contribution in [1.29, 1.82) is 0 Å². The smallest absolute Gasteiger partial charge is 0.195 e. The first-order valence-corrected chi connectivity index (χ1v) is 23.9. The Hall–Kier alpha value is -6.57. The molecule has 0 amide bonds. The van der Waals surface area contributed by atoms with E-state index < -0.39 is 0 Å². The molecule has 66 heavy (non-hydrogen) atoms. The molecule has 0 fully saturated rings. The van der Waals surface area contributed by atoms with Crippen molar-refractivity contribution in [3.8, 4) is 44.5 Å². The van der Waals surface area contributed by atoms with Crippen LogP contribution in [-0.2, 0) is 17.3 Å². The van der Waals surface area contributed by atoms with Gasteiger partial charge in [0.1, 0.15) is 0 Å². The Labute approximate surface area is 391 Å². The minimum absolute atomic E-state index is 0.0496. The highest BCUT2D eigenvalue weighted by Crippen LogP contribution is 2.57. The van der Waals surface area contributed by atoms with E-state index in [2.05, 4.69) is 186 Å². The largest absolute Gasteiger partial charge is 0.289 e. The van der Waals surface area contributed by atoms with Crippen LogP contribution in [0, 0.1) is 11.3 Å². The van der Waals surface area contributed by atoms with Gasteiger partial charge in [0.05, 0.1) is 0 Å². The fourth-order valence-corrected chi connectivity index (χ4v) is 10.9. The van der Waals surface area contributed by atoms with Gasteiger partial charge < -0.3 is 0 Å². The van der Waals surface area contributed by atoms with Gasteiger partial charge in [-0.25, -0.2) is 0 Å². The van der Waals surface area contributed by atoms with Gasteiger partial charge in [0.15, 0.2) is 5.43 Å². The molecule has 0 N–H and O–H groups in total. The van der Waals surface area contributed by atoms with Crippen molar-refractivity contribution >= 4 is 53.9 Å². The Bertz CT molecular complexity index is 3470. The normalized spacial score (nSPS) is 13.6. The second kappa shape index (κ2) is 15.5. The Morgan fingerprint density at radius 3 is 1.45 bits per heavy atom. The first kappa shape index (κ1) is 43.3. The number of hydrogen-bond acceptors (Lipinski definition) is 1. The van der Waals surface area contributed by atoms with Crippen molar-refractivity contribution in [2.45, 2.75) is 93.4 Å². The van der Waals surface area contributed by atoms with Crippen molar-refractivity contribution in [2.75, 3.05) is 0 Å². The lowest BCUT2D eigenvalue weighted by Crippen LogP contribution is -2.16. The van der Waals surface area contributed by atoms with Gasteiger partial charge in [-0.1, -0.05) is 228 Å². The highest BCUT2D eigenvalue weighted by Gasteiger charge is 2.33. The van der Waals surface area contributed by atoms with E-state index in [1.807, 2.05) is 42.5 Å². The van der Waals surface area contributed by atoms with Gasteiger partial charge in [-0.05, 0) is 133 Å². The molecular weight excluding hydrogens is 797 g/mol. The number of hydrogen-bond donors (Lipinski definition) is 0. The standard InChI is InChI=1S/C65H62O/c1-13-39(38(2)3)34-43(63(4,5)6)28-29-48-46-26-20-21-27-47(46)53(42-35-44(64(7,8)9)37-45(36-42)65(10,11)12)59-50-32-33-52-58-51(31-30-49(56(48)59)57(50)58)60-54(40-22-16-14-17-23-40)62(66)55(61(52)60)41-24-18-15-19-25-41/h13-28,30-38H,1,29H2,2-12H3/b39-34+,43-28+. The highest BCUT2D eigenvalue weighted by molar-refractivity contribution is 6.43. The molecule has 0 radical (unpaired) electrons. The van der Waals surface area contributed by atoms with Crippen molar-refractivity contribution in [3.63, 3.8) is 0 Å². The van der Waals surface area contributed by atoms with Gasteiger partial charge in [-0.3, -0.25) is 4.79 Å². The minimum atomic E-state index is -0.0755. The molecule has 0 unspecified atom stereocenters. The quantitative estimate of drug-likeness (QED) is 0.139. The Morgan fingerprint density at radius 2 is 0.970 bits per heavy atom. The number of rotatable bonds is 8. The van der Waals surface area contributed by atoms with Gasteiger partial charge >= 0.3 is 0 Å². The molecular formula is C65H62O. The van der Waals surface area contributed by atoms with E-state index in [1.54, 1.807) is 0 Å². The zero-order valence-electron chi connectivity index (χ0n) is 40.8. The third-order valence-electron chi connectivity index (χ3n) is 14.5. The van der Waals surface area contributed by atoms with Crippen LogP contribution in [0.3, 0.4) is 0 Å². The van der Waals surface area contributed by atoms with Gasteiger partial charge in [0, 0.05) is 22.3 Å². The lowest BCUT2D eigenvalue weighted by atomic mass is 9.77. The van der Waals surface area contributed by atoms with Crippen molar-refractivity contribution in [1.82, 2.24) is 0 Å². The highest BCUT2D eigenvalue weighted by atomic mass is 16.1. The molecule has 1 heteroatoms. The van der Waals surface area contributed by atoms with Crippen LogP contribution in [-0.4, -0.2) is 0 Å². The third-order valence-corrected chi connectivity index (χ3v) is 14.5. The maximum Gasteiger partial charge on any atom is 0.195 e. The first-order valence-electron chi connectivity index (χ1n) is 23.9. The molecule has 10 rings (SSSR count).